The van der Waals surface area contributed by atoms with Gasteiger partial charge in [-0.25, -0.2) is 4.79 Å². The molecule has 1 aliphatic heterocycles. The molecule has 0 aromatic heterocycles. The van der Waals surface area contributed by atoms with Crippen LogP contribution in [0.2, 0.25) is 0 Å². The van der Waals surface area contributed by atoms with Crippen LogP contribution in [0.5, 0.6) is 0 Å². The van der Waals surface area contributed by atoms with Gasteiger partial charge in [-0.05, 0) is 5.92 Å². The maximum absolute atomic E-state index is 10.9. The van der Waals surface area contributed by atoms with Crippen molar-refractivity contribution in [3.05, 3.63) is 0 Å². The van der Waals surface area contributed by atoms with Crippen LogP contribution in [0.3, 0.4) is 0 Å². The first-order valence-corrected chi connectivity index (χ1v) is 4.20. The summed E-state index contributed by atoms with van der Waals surface area (Å²) in [6.07, 6.45) is -0.200. The summed E-state index contributed by atoms with van der Waals surface area (Å²) in [5, 5.41) is 2.65. The molecule has 1 heterocycles. The van der Waals surface area contributed by atoms with Crippen molar-refractivity contribution in [3.63, 3.8) is 0 Å². The maximum atomic E-state index is 10.9. The van der Waals surface area contributed by atoms with E-state index >= 15 is 0 Å². The van der Waals surface area contributed by atoms with Gasteiger partial charge in [0.05, 0.1) is 6.61 Å². The van der Waals surface area contributed by atoms with Crippen LogP contribution in [0.15, 0.2) is 0 Å². The highest BCUT2D eigenvalue weighted by molar-refractivity contribution is 5.67. The fraction of sp³-hybridized carbons (Fsp3) is 0.875. The van der Waals surface area contributed by atoms with Crippen LogP contribution < -0.4 is 5.32 Å². The predicted molar refractivity (Wildman–Crippen MR) is 43.9 cm³/mol. The molecule has 0 aromatic carbocycles. The molecule has 0 aliphatic carbocycles. The third kappa shape index (κ3) is 4.18. The maximum Gasteiger partial charge on any atom is 0.407 e. The summed E-state index contributed by atoms with van der Waals surface area (Å²) >= 11 is 0. The molecule has 12 heavy (non-hydrogen) atoms. The molecule has 0 aromatic rings. The van der Waals surface area contributed by atoms with Gasteiger partial charge < -0.3 is 14.8 Å². The quantitative estimate of drug-likeness (QED) is 0.639. The summed E-state index contributed by atoms with van der Waals surface area (Å²) in [5.74, 6) is 0.453. The van der Waals surface area contributed by atoms with Gasteiger partial charge in [0.25, 0.3) is 0 Å². The zero-order valence-electron chi connectivity index (χ0n) is 7.50. The number of ether oxygens (including phenoxy) is 2. The van der Waals surface area contributed by atoms with Crippen LogP contribution in [0.25, 0.3) is 0 Å². The molecule has 1 unspecified atom stereocenters. The Morgan fingerprint density at radius 3 is 2.92 bits per heavy atom. The van der Waals surface area contributed by atoms with Crippen molar-refractivity contribution < 1.29 is 14.3 Å². The normalized spacial score (nSPS) is 20.8. The summed E-state index contributed by atoms with van der Waals surface area (Å²) < 4.78 is 9.72. The van der Waals surface area contributed by atoms with E-state index in [4.69, 9.17) is 9.47 Å². The lowest BCUT2D eigenvalue weighted by atomic mass is 10.2. The average Bonchev–Trinajstić information content (AvgIpc) is 2.80. The van der Waals surface area contributed by atoms with Gasteiger partial charge in [-0.3, -0.25) is 0 Å². The summed E-state index contributed by atoms with van der Waals surface area (Å²) in [4.78, 5) is 10.9. The molecule has 70 valence electrons. The fourth-order valence-electron chi connectivity index (χ4n) is 0.671. The number of nitrogens with one attached hydrogen (secondary N) is 1. The highest BCUT2D eigenvalue weighted by Gasteiger charge is 2.23. The van der Waals surface area contributed by atoms with Crippen molar-refractivity contribution in [3.8, 4) is 0 Å². The number of hydrogen-bond acceptors (Lipinski definition) is 3. The Bertz CT molecular complexity index is 146. The Morgan fingerprint density at radius 1 is 1.75 bits per heavy atom. The molecule has 0 spiro atoms. The van der Waals surface area contributed by atoms with Crippen LogP contribution in [-0.4, -0.2) is 32.0 Å². The smallest absolute Gasteiger partial charge is 0.407 e. The van der Waals surface area contributed by atoms with E-state index in [9.17, 15) is 4.79 Å². The monoisotopic (exact) mass is 173 g/mol. The van der Waals surface area contributed by atoms with Gasteiger partial charge in [-0.2, -0.15) is 0 Å². The number of rotatable bonds is 4. The molecule has 0 saturated carbocycles. The number of alkyl carbamates (subject to hydrolysis) is 1. The Labute approximate surface area is 72.2 Å². The number of carbonyl (C=O) groups excluding carboxylic acids is 1. The van der Waals surface area contributed by atoms with Crippen molar-refractivity contribution >= 4 is 6.09 Å². The lowest BCUT2D eigenvalue weighted by Crippen LogP contribution is -2.29. The second-order valence-corrected chi connectivity index (χ2v) is 3.33. The summed E-state index contributed by atoms with van der Waals surface area (Å²) in [5.41, 5.74) is 0. The molecular formula is C8H15NO3. The van der Waals surface area contributed by atoms with Gasteiger partial charge in [-0.15, -0.1) is 0 Å². The largest absolute Gasteiger partial charge is 0.447 e. The van der Waals surface area contributed by atoms with Gasteiger partial charge in [0.1, 0.15) is 12.7 Å². The standard InChI is InChI=1S/C8H15NO3/c1-6(2)3-9-8(10)12-5-7-4-11-7/h6-7H,3-5H2,1-2H3,(H,9,10). The Morgan fingerprint density at radius 2 is 2.42 bits per heavy atom. The van der Waals surface area contributed by atoms with Crippen molar-refractivity contribution in [1.82, 2.24) is 5.32 Å². The van der Waals surface area contributed by atoms with E-state index in [0.29, 0.717) is 19.1 Å². The second kappa shape index (κ2) is 4.30. The first-order valence-electron chi connectivity index (χ1n) is 4.20. The highest BCUT2D eigenvalue weighted by Crippen LogP contribution is 2.08. The molecule has 1 saturated heterocycles. The molecule has 4 nitrogen and oxygen atoms in total. The van der Waals surface area contributed by atoms with E-state index < -0.39 is 0 Å². The number of epoxide rings is 1. The summed E-state index contributed by atoms with van der Waals surface area (Å²) in [6.45, 7) is 5.82. The third-order valence-electron chi connectivity index (χ3n) is 1.46. The van der Waals surface area contributed by atoms with E-state index in [1.807, 2.05) is 13.8 Å². The Kier molecular flexibility index (Phi) is 3.34. The molecule has 4 heteroatoms. The molecule has 1 atom stereocenters. The SMILES string of the molecule is CC(C)CNC(=O)OCC1CO1. The molecule has 1 aliphatic rings. The van der Waals surface area contributed by atoms with Gasteiger partial charge >= 0.3 is 6.09 Å². The van der Waals surface area contributed by atoms with Crippen molar-refractivity contribution in [2.24, 2.45) is 5.92 Å². The van der Waals surface area contributed by atoms with Crippen LogP contribution in [0.4, 0.5) is 4.79 Å². The Hall–Kier alpha value is -0.770. The lowest BCUT2D eigenvalue weighted by molar-refractivity contribution is 0.135. The van der Waals surface area contributed by atoms with Gasteiger partial charge in [0.15, 0.2) is 0 Å². The molecule has 1 fully saturated rings. The van der Waals surface area contributed by atoms with Gasteiger partial charge in [-0.1, -0.05) is 13.8 Å². The van der Waals surface area contributed by atoms with Crippen LogP contribution in [0.1, 0.15) is 13.8 Å². The molecule has 1 N–H and O–H groups in total. The van der Waals surface area contributed by atoms with Crippen molar-refractivity contribution in [2.45, 2.75) is 20.0 Å². The summed E-state index contributed by atoms with van der Waals surface area (Å²) in [6, 6.07) is 0. The number of amides is 1. The minimum atomic E-state index is -0.348. The van der Waals surface area contributed by atoms with E-state index in [-0.39, 0.29) is 12.2 Å². The predicted octanol–water partition coefficient (Wildman–Crippen LogP) is 0.767. The van der Waals surface area contributed by atoms with Gasteiger partial charge in [0.2, 0.25) is 0 Å². The molecule has 0 radical (unpaired) electrons. The van der Waals surface area contributed by atoms with Crippen LogP contribution in [-0.2, 0) is 9.47 Å². The highest BCUT2D eigenvalue weighted by atomic mass is 16.6. The fourth-order valence-corrected chi connectivity index (χ4v) is 0.671. The Balaban J connectivity index is 1.95. The van der Waals surface area contributed by atoms with Crippen LogP contribution in [0, 0.1) is 5.92 Å². The van der Waals surface area contributed by atoms with Gasteiger partial charge in [0, 0.05) is 6.54 Å². The molecule has 1 rings (SSSR count). The van der Waals surface area contributed by atoms with E-state index in [1.54, 1.807) is 0 Å². The van der Waals surface area contributed by atoms with Crippen LogP contribution >= 0.6 is 0 Å². The molecular weight excluding hydrogens is 158 g/mol. The molecule has 1 amide bonds. The molecule has 0 bridgehead atoms. The van der Waals surface area contributed by atoms with Crippen molar-refractivity contribution in [1.29, 1.82) is 0 Å². The second-order valence-electron chi connectivity index (χ2n) is 3.33. The minimum absolute atomic E-state index is 0.148. The summed E-state index contributed by atoms with van der Waals surface area (Å²) in [7, 11) is 0. The van der Waals surface area contributed by atoms with Crippen molar-refractivity contribution in [2.75, 3.05) is 19.8 Å². The lowest BCUT2D eigenvalue weighted by Gasteiger charge is -2.07. The first-order chi connectivity index (χ1) is 5.68. The zero-order chi connectivity index (χ0) is 8.97. The first kappa shape index (κ1) is 9.32. The van der Waals surface area contributed by atoms with E-state index in [2.05, 4.69) is 5.32 Å². The minimum Gasteiger partial charge on any atom is -0.447 e. The zero-order valence-corrected chi connectivity index (χ0v) is 7.50. The topological polar surface area (TPSA) is 50.9 Å². The number of carbonyl (C=O) groups is 1. The average molecular weight is 173 g/mol. The van der Waals surface area contributed by atoms with E-state index in [1.165, 1.54) is 0 Å². The third-order valence-corrected chi connectivity index (χ3v) is 1.46. The number of hydrogen-bond donors (Lipinski definition) is 1. The van der Waals surface area contributed by atoms with E-state index in [0.717, 1.165) is 6.61 Å².